The van der Waals surface area contributed by atoms with Gasteiger partial charge in [0.15, 0.2) is 0 Å². The monoisotopic (exact) mass is 291 g/mol. The van der Waals surface area contributed by atoms with E-state index >= 15 is 0 Å². The Balaban J connectivity index is 2.00. The molecule has 2 aromatic rings. The SMILES string of the molecule is COc1ccc(-c2noc(CN[C@@H](CO)C(C)C)n2)cc1. The lowest BCUT2D eigenvalue weighted by Gasteiger charge is -2.18. The van der Waals surface area contributed by atoms with Gasteiger partial charge in [0.2, 0.25) is 11.7 Å². The number of nitrogens with zero attached hydrogens (tertiary/aromatic N) is 2. The van der Waals surface area contributed by atoms with Gasteiger partial charge < -0.3 is 19.7 Å². The number of benzene rings is 1. The van der Waals surface area contributed by atoms with Crippen molar-refractivity contribution in [2.45, 2.75) is 26.4 Å². The van der Waals surface area contributed by atoms with Crippen molar-refractivity contribution in [2.24, 2.45) is 5.92 Å². The van der Waals surface area contributed by atoms with Gasteiger partial charge in [-0.2, -0.15) is 4.98 Å². The van der Waals surface area contributed by atoms with E-state index in [-0.39, 0.29) is 12.6 Å². The summed E-state index contributed by atoms with van der Waals surface area (Å²) in [5.41, 5.74) is 0.869. The first-order valence-corrected chi connectivity index (χ1v) is 6.95. The Morgan fingerprint density at radius 2 is 2.00 bits per heavy atom. The fourth-order valence-electron chi connectivity index (χ4n) is 1.91. The van der Waals surface area contributed by atoms with Crippen LogP contribution in [-0.2, 0) is 6.54 Å². The van der Waals surface area contributed by atoms with Crippen LogP contribution in [0.3, 0.4) is 0 Å². The summed E-state index contributed by atoms with van der Waals surface area (Å²) in [4.78, 5) is 4.34. The lowest BCUT2D eigenvalue weighted by atomic mass is 10.1. The molecule has 0 aliphatic rings. The third-order valence-electron chi connectivity index (χ3n) is 3.33. The van der Waals surface area contributed by atoms with E-state index in [1.54, 1.807) is 7.11 Å². The molecule has 0 fully saturated rings. The molecule has 0 unspecified atom stereocenters. The Morgan fingerprint density at radius 3 is 2.57 bits per heavy atom. The summed E-state index contributed by atoms with van der Waals surface area (Å²) in [5.74, 6) is 2.16. The number of rotatable bonds is 7. The largest absolute Gasteiger partial charge is 0.497 e. The first-order chi connectivity index (χ1) is 10.1. The molecule has 1 atom stereocenters. The summed E-state index contributed by atoms with van der Waals surface area (Å²) in [5, 5.41) is 16.4. The minimum absolute atomic E-state index is 0.0151. The fourth-order valence-corrected chi connectivity index (χ4v) is 1.91. The Morgan fingerprint density at radius 1 is 1.29 bits per heavy atom. The molecule has 0 aliphatic heterocycles. The number of aliphatic hydroxyl groups excluding tert-OH is 1. The zero-order valence-corrected chi connectivity index (χ0v) is 12.5. The molecule has 0 aliphatic carbocycles. The first kappa shape index (κ1) is 15.5. The van der Waals surface area contributed by atoms with Gasteiger partial charge in [0, 0.05) is 11.6 Å². The first-order valence-electron chi connectivity index (χ1n) is 6.95. The molecule has 0 saturated carbocycles. The average Bonchev–Trinajstić information content (AvgIpc) is 2.96. The third kappa shape index (κ3) is 4.03. The van der Waals surface area contributed by atoms with Gasteiger partial charge in [0.25, 0.3) is 0 Å². The van der Waals surface area contributed by atoms with Crippen molar-refractivity contribution in [2.75, 3.05) is 13.7 Å². The van der Waals surface area contributed by atoms with E-state index in [2.05, 4.69) is 15.5 Å². The summed E-state index contributed by atoms with van der Waals surface area (Å²) in [6.07, 6.45) is 0. The molecule has 0 spiro atoms. The zero-order valence-electron chi connectivity index (χ0n) is 12.5. The van der Waals surface area contributed by atoms with Crippen LogP contribution in [0.4, 0.5) is 0 Å². The Labute approximate surface area is 124 Å². The molecule has 0 amide bonds. The van der Waals surface area contributed by atoms with Crippen LogP contribution in [0.15, 0.2) is 28.8 Å². The van der Waals surface area contributed by atoms with Gasteiger partial charge in [-0.25, -0.2) is 0 Å². The third-order valence-corrected chi connectivity index (χ3v) is 3.33. The number of aliphatic hydroxyl groups is 1. The average molecular weight is 291 g/mol. The number of ether oxygens (including phenoxy) is 1. The molecule has 6 heteroatoms. The molecule has 0 bridgehead atoms. The van der Waals surface area contributed by atoms with Gasteiger partial charge in [-0.1, -0.05) is 19.0 Å². The highest BCUT2D eigenvalue weighted by atomic mass is 16.5. The molecule has 21 heavy (non-hydrogen) atoms. The van der Waals surface area contributed by atoms with E-state index in [0.717, 1.165) is 11.3 Å². The maximum atomic E-state index is 9.27. The second-order valence-electron chi connectivity index (χ2n) is 5.15. The topological polar surface area (TPSA) is 80.4 Å². The van der Waals surface area contributed by atoms with Crippen LogP contribution in [0.25, 0.3) is 11.4 Å². The van der Waals surface area contributed by atoms with Gasteiger partial charge in [-0.05, 0) is 30.2 Å². The van der Waals surface area contributed by atoms with Crippen molar-refractivity contribution in [3.63, 3.8) is 0 Å². The lowest BCUT2D eigenvalue weighted by Crippen LogP contribution is -2.36. The molecule has 114 valence electrons. The molecule has 1 aromatic carbocycles. The van der Waals surface area contributed by atoms with Crippen LogP contribution in [0.1, 0.15) is 19.7 Å². The van der Waals surface area contributed by atoms with E-state index < -0.39 is 0 Å². The quantitative estimate of drug-likeness (QED) is 0.810. The molecule has 0 radical (unpaired) electrons. The molecular weight excluding hydrogens is 270 g/mol. The second-order valence-corrected chi connectivity index (χ2v) is 5.15. The Bertz CT molecular complexity index is 552. The predicted octanol–water partition coefficient (Wildman–Crippen LogP) is 1.85. The van der Waals surface area contributed by atoms with Crippen LogP contribution in [0.2, 0.25) is 0 Å². The highest BCUT2D eigenvalue weighted by Crippen LogP contribution is 2.19. The zero-order chi connectivity index (χ0) is 15.2. The van der Waals surface area contributed by atoms with Gasteiger partial charge in [-0.3, -0.25) is 0 Å². The molecule has 2 rings (SSSR count). The van der Waals surface area contributed by atoms with Gasteiger partial charge in [0.1, 0.15) is 5.75 Å². The lowest BCUT2D eigenvalue weighted by molar-refractivity contribution is 0.205. The molecule has 2 N–H and O–H groups in total. The van der Waals surface area contributed by atoms with Gasteiger partial charge >= 0.3 is 0 Å². The van der Waals surface area contributed by atoms with Crippen molar-refractivity contribution in [3.8, 4) is 17.1 Å². The smallest absolute Gasteiger partial charge is 0.240 e. The van der Waals surface area contributed by atoms with E-state index in [4.69, 9.17) is 9.26 Å². The maximum Gasteiger partial charge on any atom is 0.240 e. The van der Waals surface area contributed by atoms with E-state index in [1.807, 2.05) is 38.1 Å². The number of methoxy groups -OCH3 is 1. The summed E-state index contributed by atoms with van der Waals surface area (Å²) in [6.45, 7) is 4.61. The minimum Gasteiger partial charge on any atom is -0.497 e. The van der Waals surface area contributed by atoms with Crippen LogP contribution in [-0.4, -0.2) is 35.0 Å². The fraction of sp³-hybridized carbons (Fsp3) is 0.467. The predicted molar refractivity (Wildman–Crippen MR) is 78.8 cm³/mol. The Hall–Kier alpha value is -1.92. The molecular formula is C15H21N3O3. The van der Waals surface area contributed by atoms with Gasteiger partial charge in [-0.15, -0.1) is 0 Å². The molecule has 0 saturated heterocycles. The van der Waals surface area contributed by atoms with Crippen LogP contribution >= 0.6 is 0 Å². The van der Waals surface area contributed by atoms with E-state index in [9.17, 15) is 5.11 Å². The van der Waals surface area contributed by atoms with Crippen LogP contribution in [0.5, 0.6) is 5.75 Å². The second kappa shape index (κ2) is 7.19. The van der Waals surface area contributed by atoms with Crippen molar-refractivity contribution < 1.29 is 14.4 Å². The maximum absolute atomic E-state index is 9.27. The normalized spacial score (nSPS) is 12.6. The number of aromatic nitrogens is 2. The molecule has 1 heterocycles. The standard InChI is InChI=1S/C15H21N3O3/c1-10(2)13(9-19)16-8-14-17-15(18-21-14)11-4-6-12(20-3)7-5-11/h4-7,10,13,16,19H,8-9H2,1-3H3/t13-/m0/s1. The van der Waals surface area contributed by atoms with Crippen LogP contribution in [0, 0.1) is 5.92 Å². The van der Waals surface area contributed by atoms with E-state index in [0.29, 0.717) is 24.2 Å². The number of nitrogens with one attached hydrogen (secondary N) is 1. The van der Waals surface area contributed by atoms with Gasteiger partial charge in [0.05, 0.1) is 20.3 Å². The number of hydrogen-bond donors (Lipinski definition) is 2. The summed E-state index contributed by atoms with van der Waals surface area (Å²) < 4.78 is 10.3. The van der Waals surface area contributed by atoms with Crippen LogP contribution < -0.4 is 10.1 Å². The molecule has 6 nitrogen and oxygen atoms in total. The minimum atomic E-state index is 0.0151. The summed E-state index contributed by atoms with van der Waals surface area (Å²) in [7, 11) is 1.62. The molecule has 1 aromatic heterocycles. The van der Waals surface area contributed by atoms with Crippen molar-refractivity contribution in [1.82, 2.24) is 15.5 Å². The van der Waals surface area contributed by atoms with Crippen molar-refractivity contribution in [1.29, 1.82) is 0 Å². The highest BCUT2D eigenvalue weighted by Gasteiger charge is 2.14. The summed E-state index contributed by atoms with van der Waals surface area (Å²) >= 11 is 0. The van der Waals surface area contributed by atoms with Crippen molar-refractivity contribution >= 4 is 0 Å². The Kier molecular flexibility index (Phi) is 5.30. The van der Waals surface area contributed by atoms with Crippen molar-refractivity contribution in [3.05, 3.63) is 30.2 Å². The highest BCUT2D eigenvalue weighted by molar-refractivity contribution is 5.55. The summed E-state index contributed by atoms with van der Waals surface area (Å²) in [6, 6.07) is 7.48. The number of hydrogen-bond acceptors (Lipinski definition) is 6. The van der Waals surface area contributed by atoms with E-state index in [1.165, 1.54) is 0 Å².